The number of hydrogen-bond donors (Lipinski definition) is 0. The summed E-state index contributed by atoms with van der Waals surface area (Å²) in [6.45, 7) is 12.9. The molecule has 0 spiro atoms. The Labute approximate surface area is 115 Å². The van der Waals surface area contributed by atoms with Crippen LogP contribution >= 0.6 is 0 Å². The molecule has 0 aromatic carbocycles. The lowest BCUT2D eigenvalue weighted by Gasteiger charge is -2.40. The second kappa shape index (κ2) is 6.87. The summed E-state index contributed by atoms with van der Waals surface area (Å²) in [4.78, 5) is 11.3. The Morgan fingerprint density at radius 1 is 1.47 bits per heavy atom. The van der Waals surface area contributed by atoms with E-state index < -0.39 is 11.8 Å². The molecule has 1 aliphatic rings. The minimum absolute atomic E-state index is 0.0151. The Morgan fingerprint density at radius 3 is 2.68 bits per heavy atom. The Hall–Kier alpha value is -1.13. The van der Waals surface area contributed by atoms with E-state index in [1.54, 1.807) is 6.08 Å². The van der Waals surface area contributed by atoms with Gasteiger partial charge in [0.05, 0.1) is 12.2 Å². The standard InChI is InChI=1S/C15H24O4/c1-6-8-12(17-14(16)7-2)10-13-9-11(3)18-15(4,5)19-13/h6-7,11-13H,1-2,8-10H2,3-5H3/t11-,12+,13-/m0/s1. The first-order valence-corrected chi connectivity index (χ1v) is 6.66. The van der Waals surface area contributed by atoms with Crippen molar-refractivity contribution in [1.29, 1.82) is 0 Å². The number of carbonyl (C=O) groups is 1. The number of esters is 1. The molecular formula is C15H24O4. The van der Waals surface area contributed by atoms with Crippen LogP contribution < -0.4 is 0 Å². The average Bonchev–Trinajstić information content (AvgIpc) is 2.26. The van der Waals surface area contributed by atoms with Gasteiger partial charge in [0.1, 0.15) is 6.10 Å². The fourth-order valence-electron chi connectivity index (χ4n) is 2.41. The van der Waals surface area contributed by atoms with Crippen molar-refractivity contribution >= 4 is 5.97 Å². The molecule has 1 rings (SSSR count). The summed E-state index contributed by atoms with van der Waals surface area (Å²) in [7, 11) is 0. The maximum Gasteiger partial charge on any atom is 0.330 e. The van der Waals surface area contributed by atoms with Gasteiger partial charge in [0.2, 0.25) is 0 Å². The average molecular weight is 268 g/mol. The van der Waals surface area contributed by atoms with Crippen molar-refractivity contribution in [2.75, 3.05) is 0 Å². The van der Waals surface area contributed by atoms with Crippen molar-refractivity contribution in [1.82, 2.24) is 0 Å². The largest absolute Gasteiger partial charge is 0.459 e. The Bertz CT molecular complexity index is 335. The van der Waals surface area contributed by atoms with Gasteiger partial charge in [0.15, 0.2) is 5.79 Å². The minimum atomic E-state index is -0.594. The maximum absolute atomic E-state index is 11.3. The maximum atomic E-state index is 11.3. The molecule has 4 nitrogen and oxygen atoms in total. The van der Waals surface area contributed by atoms with E-state index in [-0.39, 0.29) is 18.3 Å². The highest BCUT2D eigenvalue weighted by Crippen LogP contribution is 2.29. The molecule has 0 N–H and O–H groups in total. The van der Waals surface area contributed by atoms with Gasteiger partial charge in [-0.15, -0.1) is 6.58 Å². The number of carbonyl (C=O) groups excluding carboxylic acids is 1. The number of hydrogen-bond acceptors (Lipinski definition) is 4. The van der Waals surface area contributed by atoms with Gasteiger partial charge in [0.25, 0.3) is 0 Å². The van der Waals surface area contributed by atoms with Crippen molar-refractivity contribution in [3.8, 4) is 0 Å². The lowest BCUT2D eigenvalue weighted by atomic mass is 10.0. The van der Waals surface area contributed by atoms with Gasteiger partial charge < -0.3 is 14.2 Å². The minimum Gasteiger partial charge on any atom is -0.459 e. The summed E-state index contributed by atoms with van der Waals surface area (Å²) in [5, 5.41) is 0. The highest BCUT2D eigenvalue weighted by Gasteiger charge is 2.34. The third-order valence-electron chi connectivity index (χ3n) is 2.94. The first kappa shape index (κ1) is 15.9. The normalized spacial score (nSPS) is 27.3. The van der Waals surface area contributed by atoms with E-state index in [4.69, 9.17) is 14.2 Å². The van der Waals surface area contributed by atoms with Crippen LogP contribution in [-0.4, -0.2) is 30.1 Å². The third-order valence-corrected chi connectivity index (χ3v) is 2.94. The summed E-state index contributed by atoms with van der Waals surface area (Å²) in [6, 6.07) is 0. The second-order valence-corrected chi connectivity index (χ2v) is 5.33. The van der Waals surface area contributed by atoms with Crippen LogP contribution in [0.15, 0.2) is 25.3 Å². The van der Waals surface area contributed by atoms with Crippen LogP contribution in [0, 0.1) is 0 Å². The smallest absolute Gasteiger partial charge is 0.330 e. The summed E-state index contributed by atoms with van der Waals surface area (Å²) in [5.74, 6) is -1.00. The van der Waals surface area contributed by atoms with Crippen LogP contribution in [0.4, 0.5) is 0 Å². The summed E-state index contributed by atoms with van der Waals surface area (Å²) >= 11 is 0. The molecule has 108 valence electrons. The van der Waals surface area contributed by atoms with Crippen LogP contribution in [0.3, 0.4) is 0 Å². The summed E-state index contributed by atoms with van der Waals surface area (Å²) < 4.78 is 16.8. The fourth-order valence-corrected chi connectivity index (χ4v) is 2.41. The highest BCUT2D eigenvalue weighted by molar-refractivity contribution is 5.81. The Balaban J connectivity index is 2.59. The van der Waals surface area contributed by atoms with Crippen LogP contribution in [0.5, 0.6) is 0 Å². The molecule has 1 aliphatic heterocycles. The van der Waals surface area contributed by atoms with E-state index in [0.29, 0.717) is 12.8 Å². The molecule has 0 saturated carbocycles. The van der Waals surface area contributed by atoms with Crippen LogP contribution in [0.2, 0.25) is 0 Å². The van der Waals surface area contributed by atoms with E-state index >= 15 is 0 Å². The van der Waals surface area contributed by atoms with Crippen LogP contribution in [0.1, 0.15) is 40.0 Å². The second-order valence-electron chi connectivity index (χ2n) is 5.33. The molecule has 1 fully saturated rings. The zero-order valence-electron chi connectivity index (χ0n) is 12.1. The fraction of sp³-hybridized carbons (Fsp3) is 0.667. The van der Waals surface area contributed by atoms with Crippen LogP contribution in [-0.2, 0) is 19.0 Å². The number of ether oxygens (including phenoxy) is 3. The topological polar surface area (TPSA) is 44.8 Å². The quantitative estimate of drug-likeness (QED) is 0.422. The van der Waals surface area contributed by atoms with Gasteiger partial charge >= 0.3 is 5.97 Å². The molecule has 0 aromatic heterocycles. The van der Waals surface area contributed by atoms with E-state index in [0.717, 1.165) is 6.42 Å². The molecule has 19 heavy (non-hydrogen) atoms. The summed E-state index contributed by atoms with van der Waals surface area (Å²) in [5.41, 5.74) is 0. The van der Waals surface area contributed by atoms with E-state index in [1.807, 2.05) is 20.8 Å². The molecule has 0 aliphatic carbocycles. The van der Waals surface area contributed by atoms with Gasteiger partial charge in [-0.1, -0.05) is 12.7 Å². The predicted molar refractivity (Wildman–Crippen MR) is 73.6 cm³/mol. The van der Waals surface area contributed by atoms with Crippen LogP contribution in [0.25, 0.3) is 0 Å². The van der Waals surface area contributed by atoms with Gasteiger partial charge in [0, 0.05) is 18.9 Å². The van der Waals surface area contributed by atoms with E-state index in [1.165, 1.54) is 6.08 Å². The van der Waals surface area contributed by atoms with Crippen molar-refractivity contribution in [2.24, 2.45) is 0 Å². The lowest BCUT2D eigenvalue weighted by Crippen LogP contribution is -2.44. The van der Waals surface area contributed by atoms with Crippen molar-refractivity contribution < 1.29 is 19.0 Å². The predicted octanol–water partition coefficient (Wildman–Crippen LogP) is 2.98. The molecular weight excluding hydrogens is 244 g/mol. The molecule has 4 heteroatoms. The summed E-state index contributed by atoms with van der Waals surface area (Å²) in [6.07, 6.45) is 4.88. The van der Waals surface area contributed by atoms with Crippen molar-refractivity contribution in [3.63, 3.8) is 0 Å². The molecule has 0 aromatic rings. The molecule has 1 saturated heterocycles. The third kappa shape index (κ3) is 5.57. The van der Waals surface area contributed by atoms with E-state index in [2.05, 4.69) is 13.2 Å². The highest BCUT2D eigenvalue weighted by atomic mass is 16.7. The van der Waals surface area contributed by atoms with Crippen molar-refractivity contribution in [3.05, 3.63) is 25.3 Å². The van der Waals surface area contributed by atoms with E-state index in [9.17, 15) is 4.79 Å². The molecule has 0 amide bonds. The van der Waals surface area contributed by atoms with Gasteiger partial charge in [-0.25, -0.2) is 4.79 Å². The Morgan fingerprint density at radius 2 is 2.16 bits per heavy atom. The molecule has 3 atom stereocenters. The SMILES string of the molecule is C=CC[C@H](C[C@@H]1C[C@H](C)OC(C)(C)O1)OC(=O)C=C. The molecule has 0 radical (unpaired) electrons. The monoisotopic (exact) mass is 268 g/mol. The zero-order chi connectivity index (χ0) is 14.5. The molecule has 0 bridgehead atoms. The first-order chi connectivity index (χ1) is 8.86. The van der Waals surface area contributed by atoms with Gasteiger partial charge in [-0.3, -0.25) is 0 Å². The molecule has 0 unspecified atom stereocenters. The van der Waals surface area contributed by atoms with Gasteiger partial charge in [-0.2, -0.15) is 0 Å². The van der Waals surface area contributed by atoms with Gasteiger partial charge in [-0.05, 0) is 27.2 Å². The Kier molecular flexibility index (Phi) is 5.76. The first-order valence-electron chi connectivity index (χ1n) is 6.66. The lowest BCUT2D eigenvalue weighted by molar-refractivity contribution is -0.299. The number of rotatable bonds is 6. The molecule has 1 heterocycles. The van der Waals surface area contributed by atoms with Crippen molar-refractivity contribution in [2.45, 2.75) is 64.1 Å². The zero-order valence-corrected chi connectivity index (χ0v) is 12.1.